The third kappa shape index (κ3) is 5.22. The molecule has 15 heavy (non-hydrogen) atoms. The van der Waals surface area contributed by atoms with Crippen molar-refractivity contribution < 1.29 is 0 Å². The SMILES string of the molecule is CCSCC(C)NCc1cc(Br)c(Br)s1. The van der Waals surface area contributed by atoms with Gasteiger partial charge in [0.25, 0.3) is 0 Å². The molecule has 0 aliphatic rings. The molecule has 1 nitrogen and oxygen atoms in total. The lowest BCUT2D eigenvalue weighted by atomic mass is 10.3. The highest BCUT2D eigenvalue weighted by Gasteiger charge is 2.05. The highest BCUT2D eigenvalue weighted by Crippen LogP contribution is 2.32. The van der Waals surface area contributed by atoms with Crippen LogP contribution in [-0.4, -0.2) is 17.5 Å². The standard InChI is InChI=1S/C10H15Br2NS2/c1-3-14-6-7(2)13-5-8-4-9(11)10(12)15-8/h4,7,13H,3,5-6H2,1-2H3. The highest BCUT2D eigenvalue weighted by atomic mass is 79.9. The van der Waals surface area contributed by atoms with Crippen molar-refractivity contribution in [1.82, 2.24) is 5.32 Å². The van der Waals surface area contributed by atoms with E-state index in [1.54, 1.807) is 11.3 Å². The highest BCUT2D eigenvalue weighted by molar-refractivity contribution is 9.13. The molecule has 0 aliphatic carbocycles. The van der Waals surface area contributed by atoms with Gasteiger partial charge >= 0.3 is 0 Å². The fraction of sp³-hybridized carbons (Fsp3) is 0.600. The molecule has 86 valence electrons. The number of rotatable bonds is 6. The minimum Gasteiger partial charge on any atom is -0.309 e. The molecule has 0 saturated carbocycles. The van der Waals surface area contributed by atoms with Gasteiger partial charge in [-0.1, -0.05) is 6.92 Å². The summed E-state index contributed by atoms with van der Waals surface area (Å²) in [5, 5.41) is 3.52. The second-order valence-corrected chi connectivity index (χ2v) is 7.90. The Morgan fingerprint density at radius 1 is 1.53 bits per heavy atom. The van der Waals surface area contributed by atoms with E-state index < -0.39 is 0 Å². The second-order valence-electron chi connectivity index (χ2n) is 3.28. The van der Waals surface area contributed by atoms with Gasteiger partial charge in [-0.05, 0) is 50.6 Å². The first-order chi connectivity index (χ1) is 7.13. The Morgan fingerprint density at radius 2 is 2.27 bits per heavy atom. The zero-order chi connectivity index (χ0) is 11.3. The molecule has 0 saturated heterocycles. The predicted molar refractivity (Wildman–Crippen MR) is 79.0 cm³/mol. The van der Waals surface area contributed by atoms with E-state index in [9.17, 15) is 0 Å². The fourth-order valence-electron chi connectivity index (χ4n) is 1.11. The minimum absolute atomic E-state index is 0.578. The molecule has 0 aliphatic heterocycles. The Labute approximate surface area is 117 Å². The average Bonchev–Trinajstić information content (AvgIpc) is 2.52. The molecule has 1 rings (SSSR count). The molecule has 1 atom stereocenters. The second kappa shape index (κ2) is 7.33. The largest absolute Gasteiger partial charge is 0.309 e. The Morgan fingerprint density at radius 3 is 2.80 bits per heavy atom. The van der Waals surface area contributed by atoms with Crippen molar-refractivity contribution in [2.24, 2.45) is 0 Å². The predicted octanol–water partition coefficient (Wildman–Crippen LogP) is 4.50. The number of thiophene rings is 1. The maximum atomic E-state index is 3.52. The van der Waals surface area contributed by atoms with Gasteiger partial charge in [0.05, 0.1) is 3.79 Å². The molecule has 0 spiro atoms. The van der Waals surface area contributed by atoms with Gasteiger partial charge in [-0.2, -0.15) is 11.8 Å². The van der Waals surface area contributed by atoms with E-state index in [2.05, 4.69) is 57.1 Å². The maximum Gasteiger partial charge on any atom is 0.0843 e. The van der Waals surface area contributed by atoms with Crippen molar-refractivity contribution in [2.45, 2.75) is 26.4 Å². The summed E-state index contributed by atoms with van der Waals surface area (Å²) < 4.78 is 2.33. The van der Waals surface area contributed by atoms with E-state index >= 15 is 0 Å². The van der Waals surface area contributed by atoms with Gasteiger partial charge in [0.15, 0.2) is 0 Å². The molecular formula is C10H15Br2NS2. The summed E-state index contributed by atoms with van der Waals surface area (Å²) in [5.41, 5.74) is 0. The van der Waals surface area contributed by atoms with Gasteiger partial charge in [0.1, 0.15) is 0 Å². The Hall–Kier alpha value is 0.970. The van der Waals surface area contributed by atoms with Crippen LogP contribution in [0.2, 0.25) is 0 Å². The van der Waals surface area contributed by atoms with Gasteiger partial charge in [0.2, 0.25) is 0 Å². The summed E-state index contributed by atoms with van der Waals surface area (Å²) >= 11 is 10.8. The first-order valence-electron chi connectivity index (χ1n) is 4.88. The van der Waals surface area contributed by atoms with E-state index in [1.807, 2.05) is 11.8 Å². The molecule has 1 heterocycles. The summed E-state index contributed by atoms with van der Waals surface area (Å²) in [6.07, 6.45) is 0. The van der Waals surface area contributed by atoms with Crippen molar-refractivity contribution in [3.63, 3.8) is 0 Å². The van der Waals surface area contributed by atoms with Crippen LogP contribution in [0.15, 0.2) is 14.3 Å². The summed E-state index contributed by atoms with van der Waals surface area (Å²) in [6.45, 7) is 5.39. The summed E-state index contributed by atoms with van der Waals surface area (Å²) in [7, 11) is 0. The number of thioether (sulfide) groups is 1. The van der Waals surface area contributed by atoms with Crippen LogP contribution in [-0.2, 0) is 6.54 Å². The summed E-state index contributed by atoms with van der Waals surface area (Å²) in [5.74, 6) is 2.38. The molecule has 0 fully saturated rings. The van der Waals surface area contributed by atoms with E-state index in [4.69, 9.17) is 0 Å². The van der Waals surface area contributed by atoms with E-state index in [0.29, 0.717) is 6.04 Å². The quantitative estimate of drug-likeness (QED) is 0.788. The third-order valence-corrected chi connectivity index (χ3v) is 6.29. The van der Waals surface area contributed by atoms with E-state index in [0.717, 1.165) is 11.0 Å². The first-order valence-corrected chi connectivity index (χ1v) is 8.44. The van der Waals surface area contributed by atoms with Crippen molar-refractivity contribution in [3.05, 3.63) is 19.2 Å². The van der Waals surface area contributed by atoms with Crippen LogP contribution < -0.4 is 5.32 Å². The Bertz CT molecular complexity index is 282. The van der Waals surface area contributed by atoms with E-state index in [-0.39, 0.29) is 0 Å². The molecule has 1 unspecified atom stereocenters. The lowest BCUT2D eigenvalue weighted by molar-refractivity contribution is 0.600. The van der Waals surface area contributed by atoms with Crippen LogP contribution in [0, 0.1) is 0 Å². The molecule has 0 bridgehead atoms. The minimum atomic E-state index is 0.578. The molecule has 0 radical (unpaired) electrons. The van der Waals surface area contributed by atoms with Crippen molar-refractivity contribution in [3.8, 4) is 0 Å². The maximum absolute atomic E-state index is 3.52. The van der Waals surface area contributed by atoms with Crippen molar-refractivity contribution in [1.29, 1.82) is 0 Å². The van der Waals surface area contributed by atoms with E-state index in [1.165, 1.54) is 20.2 Å². The molecule has 0 aromatic carbocycles. The smallest absolute Gasteiger partial charge is 0.0843 e. The molecule has 1 N–H and O–H groups in total. The lowest BCUT2D eigenvalue weighted by Crippen LogP contribution is -2.27. The van der Waals surface area contributed by atoms with Crippen LogP contribution in [0.25, 0.3) is 0 Å². The van der Waals surface area contributed by atoms with Gasteiger partial charge in [0, 0.05) is 27.7 Å². The van der Waals surface area contributed by atoms with Gasteiger partial charge < -0.3 is 5.32 Å². The van der Waals surface area contributed by atoms with Gasteiger partial charge in [-0.15, -0.1) is 11.3 Å². The summed E-state index contributed by atoms with van der Waals surface area (Å²) in [4.78, 5) is 1.36. The van der Waals surface area contributed by atoms with Crippen LogP contribution in [0.5, 0.6) is 0 Å². The van der Waals surface area contributed by atoms with Crippen molar-refractivity contribution in [2.75, 3.05) is 11.5 Å². The zero-order valence-corrected chi connectivity index (χ0v) is 13.7. The van der Waals surface area contributed by atoms with Gasteiger partial charge in [-0.3, -0.25) is 0 Å². The molecule has 1 aromatic rings. The number of hydrogen-bond donors (Lipinski definition) is 1. The Balaban J connectivity index is 2.30. The first kappa shape index (κ1) is 14.0. The van der Waals surface area contributed by atoms with Crippen LogP contribution >= 0.6 is 55.0 Å². The third-order valence-electron chi connectivity index (χ3n) is 1.89. The topological polar surface area (TPSA) is 12.0 Å². The zero-order valence-electron chi connectivity index (χ0n) is 8.85. The number of nitrogens with one attached hydrogen (secondary N) is 1. The average molecular weight is 373 g/mol. The number of hydrogen-bond acceptors (Lipinski definition) is 3. The van der Waals surface area contributed by atoms with Crippen LogP contribution in [0.4, 0.5) is 0 Å². The molecule has 5 heteroatoms. The van der Waals surface area contributed by atoms with Crippen LogP contribution in [0.3, 0.4) is 0 Å². The molecule has 0 amide bonds. The molecule has 1 aromatic heterocycles. The lowest BCUT2D eigenvalue weighted by Gasteiger charge is -2.11. The van der Waals surface area contributed by atoms with Crippen LogP contribution in [0.1, 0.15) is 18.7 Å². The number of halogens is 2. The molecular weight excluding hydrogens is 358 g/mol. The Kier molecular flexibility index (Phi) is 6.85. The monoisotopic (exact) mass is 371 g/mol. The van der Waals surface area contributed by atoms with Crippen molar-refractivity contribution >= 4 is 55.0 Å². The normalized spacial score (nSPS) is 13.1. The fourth-order valence-corrected chi connectivity index (χ4v) is 3.94. The summed E-state index contributed by atoms with van der Waals surface area (Å²) in [6, 6.07) is 2.75. The van der Waals surface area contributed by atoms with Gasteiger partial charge in [-0.25, -0.2) is 0 Å².